The summed E-state index contributed by atoms with van der Waals surface area (Å²) in [5.74, 6) is -0.737. The van der Waals surface area contributed by atoms with Crippen molar-refractivity contribution in [2.45, 2.75) is 0 Å². The van der Waals surface area contributed by atoms with Gasteiger partial charge < -0.3 is 0 Å². The molecule has 5 aromatic rings. The van der Waals surface area contributed by atoms with Gasteiger partial charge in [-0.3, -0.25) is 19.6 Å². The summed E-state index contributed by atoms with van der Waals surface area (Å²) in [7, 11) is 0. The van der Waals surface area contributed by atoms with Crippen LogP contribution in [-0.2, 0) is 0 Å². The second-order valence-corrected chi connectivity index (χ2v) is 7.56. The first-order valence-corrected chi connectivity index (χ1v) is 10.8. The van der Waals surface area contributed by atoms with Gasteiger partial charge in [0.1, 0.15) is 0 Å². The molecule has 4 aromatic heterocycles. The molecule has 1 aromatic carbocycles. The van der Waals surface area contributed by atoms with Crippen LogP contribution in [0.5, 0.6) is 0 Å². The summed E-state index contributed by atoms with van der Waals surface area (Å²) in [5, 5.41) is 9.79. The zero-order valence-electron chi connectivity index (χ0n) is 18.7. The van der Waals surface area contributed by atoms with Gasteiger partial charge in [0.05, 0.1) is 46.0 Å². The lowest BCUT2D eigenvalue weighted by atomic mass is 10.1. The van der Waals surface area contributed by atoms with Crippen LogP contribution in [0.15, 0.2) is 95.7 Å². The molecule has 5 rings (SSSR count). The number of fused-ring (bicyclic) bond motifs is 3. The Morgan fingerprint density at radius 1 is 0.639 bits per heavy atom. The Kier molecular flexibility index (Phi) is 6.39. The molecule has 0 spiro atoms. The fourth-order valence-corrected chi connectivity index (χ4v) is 3.38. The van der Waals surface area contributed by atoms with Gasteiger partial charge in [-0.2, -0.15) is 10.2 Å². The second-order valence-electron chi connectivity index (χ2n) is 7.56. The summed E-state index contributed by atoms with van der Waals surface area (Å²) in [4.78, 5) is 41.4. The van der Waals surface area contributed by atoms with E-state index in [1.54, 1.807) is 48.8 Å². The minimum Gasteiger partial charge on any atom is -0.267 e. The maximum absolute atomic E-state index is 12.1. The van der Waals surface area contributed by atoms with Crippen molar-refractivity contribution in [3.05, 3.63) is 108 Å². The van der Waals surface area contributed by atoms with E-state index in [0.717, 1.165) is 10.8 Å². The molecule has 0 radical (unpaired) electrons. The van der Waals surface area contributed by atoms with Gasteiger partial charge in [-0.25, -0.2) is 20.8 Å². The summed E-state index contributed by atoms with van der Waals surface area (Å²) in [5.41, 5.74) is 8.18. The van der Waals surface area contributed by atoms with Crippen molar-refractivity contribution in [2.24, 2.45) is 10.2 Å². The van der Waals surface area contributed by atoms with E-state index in [2.05, 4.69) is 41.0 Å². The van der Waals surface area contributed by atoms with Crippen LogP contribution in [0.2, 0.25) is 0 Å². The SMILES string of the molecule is O=C(N/N=C\c1ccc2ccc3ccc(/C=N\NC(=O)c4cccnc4)nc3c2n1)c1cccnc1. The molecule has 2 N–H and O–H groups in total. The number of carbonyl (C=O) groups excluding carboxylic acids is 2. The van der Waals surface area contributed by atoms with E-state index < -0.39 is 0 Å². The molecule has 0 atom stereocenters. The van der Waals surface area contributed by atoms with Gasteiger partial charge in [0.25, 0.3) is 11.8 Å². The summed E-state index contributed by atoms with van der Waals surface area (Å²) in [6, 6.07) is 18.0. The summed E-state index contributed by atoms with van der Waals surface area (Å²) < 4.78 is 0. The van der Waals surface area contributed by atoms with Gasteiger partial charge in [0.15, 0.2) is 0 Å². The van der Waals surface area contributed by atoms with Crippen LogP contribution in [0.25, 0.3) is 21.8 Å². The number of aromatic nitrogens is 4. The molecule has 0 aliphatic carbocycles. The average Bonchev–Trinajstić information content (AvgIpc) is 2.93. The topological polar surface area (TPSA) is 134 Å². The third kappa shape index (κ3) is 5.07. The van der Waals surface area contributed by atoms with Gasteiger partial charge in [0.2, 0.25) is 0 Å². The molecule has 0 saturated heterocycles. The Balaban J connectivity index is 1.36. The lowest BCUT2D eigenvalue weighted by Gasteiger charge is -2.05. The van der Waals surface area contributed by atoms with E-state index >= 15 is 0 Å². The monoisotopic (exact) mass is 474 g/mol. The number of nitrogens with one attached hydrogen (secondary N) is 2. The standard InChI is InChI=1S/C26H18N8O2/c35-25(19-3-1-11-27-13-19)33-29-15-21-9-7-17-5-6-18-8-10-22(32-24(18)23(17)31-21)16-30-34-26(36)20-4-2-12-28-14-20/h1-16H,(H,33,35)(H,34,36)/b29-15-,30-16-. The molecule has 2 amide bonds. The Bertz CT molecular complexity index is 1500. The molecule has 0 fully saturated rings. The number of hydrogen-bond acceptors (Lipinski definition) is 8. The number of hydrogen-bond donors (Lipinski definition) is 2. The third-order valence-electron chi connectivity index (χ3n) is 5.14. The van der Waals surface area contributed by atoms with Crippen molar-refractivity contribution in [1.82, 2.24) is 30.8 Å². The lowest BCUT2D eigenvalue weighted by molar-refractivity contribution is 0.0946. The first kappa shape index (κ1) is 22.4. The Morgan fingerprint density at radius 3 is 1.50 bits per heavy atom. The van der Waals surface area contributed by atoms with Gasteiger partial charge >= 0.3 is 0 Å². The molecule has 4 heterocycles. The van der Waals surface area contributed by atoms with Crippen molar-refractivity contribution < 1.29 is 9.59 Å². The number of hydrazone groups is 2. The van der Waals surface area contributed by atoms with Gasteiger partial charge in [-0.05, 0) is 36.4 Å². The fourth-order valence-electron chi connectivity index (χ4n) is 3.38. The number of rotatable bonds is 6. The molecule has 10 heteroatoms. The highest BCUT2D eigenvalue weighted by atomic mass is 16.2. The van der Waals surface area contributed by atoms with E-state index in [1.807, 2.05) is 24.3 Å². The Hall–Kier alpha value is -5.38. The normalized spacial score (nSPS) is 11.3. The molecule has 174 valence electrons. The quantitative estimate of drug-likeness (QED) is 0.221. The number of pyridine rings is 4. The zero-order valence-corrected chi connectivity index (χ0v) is 18.7. The largest absolute Gasteiger partial charge is 0.272 e. The zero-order chi connectivity index (χ0) is 24.7. The molecular formula is C26H18N8O2. The van der Waals surface area contributed by atoms with E-state index in [1.165, 1.54) is 24.8 Å². The smallest absolute Gasteiger partial charge is 0.267 e. The maximum Gasteiger partial charge on any atom is 0.272 e. The molecule has 0 saturated carbocycles. The second kappa shape index (κ2) is 10.3. The highest BCUT2D eigenvalue weighted by Gasteiger charge is 2.07. The maximum atomic E-state index is 12.1. The van der Waals surface area contributed by atoms with Crippen LogP contribution >= 0.6 is 0 Å². The number of nitrogens with zero attached hydrogens (tertiary/aromatic N) is 6. The van der Waals surface area contributed by atoms with E-state index in [4.69, 9.17) is 0 Å². The first-order chi connectivity index (χ1) is 17.7. The van der Waals surface area contributed by atoms with E-state index in [9.17, 15) is 9.59 Å². The highest BCUT2D eigenvalue weighted by molar-refractivity contribution is 6.04. The highest BCUT2D eigenvalue weighted by Crippen LogP contribution is 2.22. The lowest BCUT2D eigenvalue weighted by Crippen LogP contribution is -2.17. The molecule has 10 nitrogen and oxygen atoms in total. The van der Waals surface area contributed by atoms with Crippen molar-refractivity contribution in [2.75, 3.05) is 0 Å². The number of amides is 2. The van der Waals surface area contributed by atoms with Crippen molar-refractivity contribution in [1.29, 1.82) is 0 Å². The summed E-state index contributed by atoms with van der Waals surface area (Å²) in [6.07, 6.45) is 9.03. The van der Waals surface area contributed by atoms with Crippen LogP contribution in [-0.4, -0.2) is 44.2 Å². The molecule has 0 unspecified atom stereocenters. The van der Waals surface area contributed by atoms with Crippen molar-refractivity contribution in [3.8, 4) is 0 Å². The van der Waals surface area contributed by atoms with Crippen LogP contribution in [0.4, 0.5) is 0 Å². The van der Waals surface area contributed by atoms with Gasteiger partial charge in [-0.1, -0.05) is 24.3 Å². The van der Waals surface area contributed by atoms with Gasteiger partial charge in [0, 0.05) is 35.6 Å². The molecule has 0 aliphatic heterocycles. The Labute approximate surface area is 204 Å². The summed E-state index contributed by atoms with van der Waals surface area (Å²) >= 11 is 0. The average molecular weight is 474 g/mol. The predicted octanol–water partition coefficient (Wildman–Crippen LogP) is 3.10. The van der Waals surface area contributed by atoms with Crippen LogP contribution < -0.4 is 10.9 Å². The van der Waals surface area contributed by atoms with Crippen molar-refractivity contribution >= 4 is 46.0 Å². The Morgan fingerprint density at radius 2 is 1.08 bits per heavy atom. The van der Waals surface area contributed by atoms with E-state index in [-0.39, 0.29) is 11.8 Å². The molecule has 0 bridgehead atoms. The third-order valence-corrected chi connectivity index (χ3v) is 5.14. The first-order valence-electron chi connectivity index (χ1n) is 10.8. The minimum absolute atomic E-state index is 0.369. The van der Waals surface area contributed by atoms with E-state index in [0.29, 0.717) is 33.5 Å². The molecule has 0 aliphatic rings. The van der Waals surface area contributed by atoms with Crippen LogP contribution in [0, 0.1) is 0 Å². The molecular weight excluding hydrogens is 456 g/mol. The summed E-state index contributed by atoms with van der Waals surface area (Å²) in [6.45, 7) is 0. The molecule has 36 heavy (non-hydrogen) atoms. The van der Waals surface area contributed by atoms with Crippen molar-refractivity contribution in [3.63, 3.8) is 0 Å². The number of carbonyl (C=O) groups is 2. The van der Waals surface area contributed by atoms with Crippen LogP contribution in [0.3, 0.4) is 0 Å². The number of benzene rings is 1. The van der Waals surface area contributed by atoms with Gasteiger partial charge in [-0.15, -0.1) is 0 Å². The predicted molar refractivity (Wildman–Crippen MR) is 136 cm³/mol. The minimum atomic E-state index is -0.369. The van der Waals surface area contributed by atoms with Crippen LogP contribution in [0.1, 0.15) is 32.1 Å². The fraction of sp³-hybridized carbons (Fsp3) is 0.